The Morgan fingerprint density at radius 1 is 1.21 bits per heavy atom. The average molecular weight is 471 g/mol. The molecule has 0 bridgehead atoms. The normalized spacial score (nSPS) is 32.9. The highest BCUT2D eigenvalue weighted by Gasteiger charge is 2.67. The van der Waals surface area contributed by atoms with Crippen LogP contribution in [0, 0.1) is 11.8 Å². The van der Waals surface area contributed by atoms with Gasteiger partial charge in [-0.25, -0.2) is 0 Å². The molecule has 34 heavy (non-hydrogen) atoms. The van der Waals surface area contributed by atoms with Crippen molar-refractivity contribution in [3.63, 3.8) is 0 Å². The smallest absolute Gasteiger partial charge is 0.255 e. The lowest BCUT2D eigenvalue weighted by molar-refractivity contribution is -0.162. The summed E-state index contributed by atoms with van der Waals surface area (Å²) < 4.78 is 0. The van der Waals surface area contributed by atoms with Gasteiger partial charge in [0.25, 0.3) is 5.91 Å². The van der Waals surface area contributed by atoms with Gasteiger partial charge in [0.05, 0.1) is 29.3 Å². The first kappa shape index (κ1) is 23.6. The van der Waals surface area contributed by atoms with Crippen molar-refractivity contribution in [1.29, 1.82) is 0 Å². The van der Waals surface area contributed by atoms with Crippen LogP contribution in [0.2, 0.25) is 0 Å². The molecule has 1 amide bonds. The number of carbonyl (C=O) groups excluding carboxylic acids is 3. The van der Waals surface area contributed by atoms with Gasteiger partial charge in [-0.05, 0) is 44.4 Å². The molecule has 0 fully saturated rings. The van der Waals surface area contributed by atoms with E-state index in [1.807, 2.05) is 0 Å². The maximum atomic E-state index is 13.5. The number of hydrogen-bond acceptors (Lipinski definition) is 10. The Morgan fingerprint density at radius 3 is 2.35 bits per heavy atom. The van der Waals surface area contributed by atoms with E-state index in [-0.39, 0.29) is 16.8 Å². The van der Waals surface area contributed by atoms with Crippen molar-refractivity contribution in [3.05, 3.63) is 45.9 Å². The SMILES string of the molecule is C=Nc1ccc(O)c2c1C(C)[C@@H]1C(=C(O)[C@]3(O)C(=O)C(C(N)=O)=C(O)[C@@H](N(C)C)[C@@H]3[C@H]1O)C2=O. The quantitative estimate of drug-likeness (QED) is 0.259. The molecule has 0 heterocycles. The first-order valence-corrected chi connectivity index (χ1v) is 10.5. The van der Waals surface area contributed by atoms with Crippen molar-refractivity contribution in [2.45, 2.75) is 30.6 Å². The number of nitrogens with two attached hydrogens (primary N) is 1. The minimum atomic E-state index is -2.94. The Kier molecular flexibility index (Phi) is 5.20. The van der Waals surface area contributed by atoms with Crippen molar-refractivity contribution in [3.8, 4) is 5.75 Å². The van der Waals surface area contributed by atoms with Crippen LogP contribution in [0.3, 0.4) is 0 Å². The van der Waals surface area contributed by atoms with Crippen LogP contribution in [-0.2, 0) is 9.59 Å². The number of carbonyl (C=O) groups is 3. The van der Waals surface area contributed by atoms with E-state index in [4.69, 9.17) is 5.73 Å². The fourth-order valence-electron chi connectivity index (χ4n) is 5.82. The summed E-state index contributed by atoms with van der Waals surface area (Å²) in [4.78, 5) is 44.0. The van der Waals surface area contributed by atoms with E-state index in [0.29, 0.717) is 0 Å². The number of primary amides is 1. The number of amides is 1. The molecular formula is C23H25N3O8. The van der Waals surface area contributed by atoms with Gasteiger partial charge in [0.15, 0.2) is 11.4 Å². The molecule has 0 radical (unpaired) electrons. The van der Waals surface area contributed by atoms with Gasteiger partial charge in [-0.3, -0.25) is 24.3 Å². The number of rotatable bonds is 3. The highest BCUT2D eigenvalue weighted by Crippen LogP contribution is 2.56. The van der Waals surface area contributed by atoms with Crippen molar-refractivity contribution in [2.24, 2.45) is 22.6 Å². The largest absolute Gasteiger partial charge is 0.510 e. The third-order valence-electron chi connectivity index (χ3n) is 7.26. The van der Waals surface area contributed by atoms with Gasteiger partial charge in [0, 0.05) is 11.5 Å². The Hall–Kier alpha value is -3.54. The summed E-state index contributed by atoms with van der Waals surface area (Å²) in [6.45, 7) is 5.11. The zero-order chi connectivity index (χ0) is 25.4. The van der Waals surface area contributed by atoms with Crippen LogP contribution in [0.4, 0.5) is 5.69 Å². The number of hydrogen-bond donors (Lipinski definition) is 6. The van der Waals surface area contributed by atoms with E-state index in [1.54, 1.807) is 6.92 Å². The standard InChI is InChI=1S/C23H25N3O8/c1-7-10-8(25-2)5-6-9(27)12(10)17(28)13-11(7)18(29)15-16(26(3)4)19(30)14(22(24)33)21(32)23(15,34)20(13)31/h5-7,11,15-16,18,27,29-31,34H,2H2,1,3-4H3,(H2,24,33)/t7?,11-,15-,16+,18+,23+/m1/s1. The van der Waals surface area contributed by atoms with Crippen LogP contribution < -0.4 is 5.73 Å². The van der Waals surface area contributed by atoms with Gasteiger partial charge in [-0.1, -0.05) is 6.92 Å². The summed E-state index contributed by atoms with van der Waals surface area (Å²) >= 11 is 0. The topological polar surface area (TPSA) is 194 Å². The first-order valence-electron chi connectivity index (χ1n) is 10.5. The van der Waals surface area contributed by atoms with E-state index >= 15 is 0 Å². The van der Waals surface area contributed by atoms with E-state index in [2.05, 4.69) is 11.7 Å². The van der Waals surface area contributed by atoms with Crippen LogP contribution >= 0.6 is 0 Å². The molecule has 11 heteroatoms. The lowest BCUT2D eigenvalue weighted by Crippen LogP contribution is -2.68. The number of phenolic OH excluding ortho intramolecular Hbond substituents is 1. The molecule has 0 aromatic heterocycles. The third kappa shape index (κ3) is 2.68. The summed E-state index contributed by atoms with van der Waals surface area (Å²) in [6, 6.07) is 1.36. The second-order valence-corrected chi connectivity index (χ2v) is 9.10. The van der Waals surface area contributed by atoms with E-state index in [9.17, 15) is 39.9 Å². The van der Waals surface area contributed by atoms with Crippen LogP contribution in [0.15, 0.2) is 39.8 Å². The predicted octanol–water partition coefficient (Wildman–Crippen LogP) is -0.0155. The molecular weight excluding hydrogens is 446 g/mol. The van der Waals surface area contributed by atoms with E-state index in [0.717, 1.165) is 0 Å². The van der Waals surface area contributed by atoms with Crippen molar-refractivity contribution in [2.75, 3.05) is 14.1 Å². The molecule has 3 aliphatic carbocycles. The molecule has 7 N–H and O–H groups in total. The molecule has 1 aromatic rings. The summed E-state index contributed by atoms with van der Waals surface area (Å²) in [6.07, 6.45) is -1.66. The number of nitrogens with zero attached hydrogens (tertiary/aromatic N) is 2. The van der Waals surface area contributed by atoms with Gasteiger partial charge in [-0.15, -0.1) is 0 Å². The zero-order valence-corrected chi connectivity index (χ0v) is 18.7. The Labute approximate surface area is 194 Å². The molecule has 4 rings (SSSR count). The molecule has 3 aliphatic rings. The number of likely N-dealkylation sites (N-methyl/N-ethyl adjacent to an activating group) is 1. The maximum Gasteiger partial charge on any atom is 0.255 e. The number of fused-ring (bicyclic) bond motifs is 3. The molecule has 0 aliphatic heterocycles. The van der Waals surface area contributed by atoms with E-state index in [1.165, 1.54) is 31.1 Å². The van der Waals surface area contributed by atoms with Gasteiger partial charge in [0.1, 0.15) is 22.8 Å². The minimum Gasteiger partial charge on any atom is -0.510 e. The highest BCUT2D eigenvalue weighted by molar-refractivity contribution is 6.25. The Bertz CT molecular complexity index is 1230. The molecule has 0 saturated heterocycles. The number of aromatic hydroxyl groups is 1. The first-order chi connectivity index (χ1) is 15.8. The number of aliphatic imine (C=N–C) groups is 1. The number of aliphatic hydroxyl groups excluding tert-OH is 3. The number of phenols is 1. The second kappa shape index (κ2) is 7.49. The van der Waals surface area contributed by atoms with Gasteiger partial charge >= 0.3 is 0 Å². The van der Waals surface area contributed by atoms with Gasteiger partial charge in [-0.2, -0.15) is 0 Å². The molecule has 0 spiro atoms. The number of ketones is 2. The number of aliphatic hydroxyl groups is 4. The van der Waals surface area contributed by atoms with E-state index < -0.39 is 81.4 Å². The van der Waals surface area contributed by atoms with Crippen molar-refractivity contribution in [1.82, 2.24) is 4.90 Å². The maximum absolute atomic E-state index is 13.5. The molecule has 180 valence electrons. The monoisotopic (exact) mass is 471 g/mol. The molecule has 1 unspecified atom stereocenters. The number of benzene rings is 1. The molecule has 11 nitrogen and oxygen atoms in total. The van der Waals surface area contributed by atoms with Crippen molar-refractivity contribution >= 4 is 29.9 Å². The minimum absolute atomic E-state index is 0.203. The fourth-order valence-corrected chi connectivity index (χ4v) is 5.82. The molecule has 6 atom stereocenters. The predicted molar refractivity (Wildman–Crippen MR) is 119 cm³/mol. The molecule has 0 saturated carbocycles. The summed E-state index contributed by atoms with van der Waals surface area (Å²) in [7, 11) is 2.95. The van der Waals surface area contributed by atoms with Crippen molar-refractivity contribution < 1.29 is 39.9 Å². The summed E-state index contributed by atoms with van der Waals surface area (Å²) in [5, 5.41) is 55.5. The molecule has 1 aromatic carbocycles. The Morgan fingerprint density at radius 2 is 1.82 bits per heavy atom. The lowest BCUT2D eigenvalue weighted by atomic mass is 9.55. The van der Waals surface area contributed by atoms with Gasteiger partial charge in [0.2, 0.25) is 5.78 Å². The van der Waals surface area contributed by atoms with Crippen LogP contribution in [0.5, 0.6) is 5.75 Å². The lowest BCUT2D eigenvalue weighted by Gasteiger charge is -2.53. The van der Waals surface area contributed by atoms with Gasteiger partial charge < -0.3 is 31.3 Å². The zero-order valence-electron chi connectivity index (χ0n) is 18.7. The Balaban J connectivity index is 2.08. The van der Waals surface area contributed by atoms with Crippen LogP contribution in [0.25, 0.3) is 0 Å². The van der Waals surface area contributed by atoms with Crippen LogP contribution in [0.1, 0.15) is 28.8 Å². The second-order valence-electron chi connectivity index (χ2n) is 9.10. The summed E-state index contributed by atoms with van der Waals surface area (Å²) in [5.74, 6) is -9.38. The fraction of sp³-hybridized carbons (Fsp3) is 0.391. The average Bonchev–Trinajstić information content (AvgIpc) is 2.75. The highest BCUT2D eigenvalue weighted by atomic mass is 16.4. The third-order valence-corrected chi connectivity index (χ3v) is 7.26. The number of Topliss-reactive ketones (excluding diaryl/α,β-unsaturated/α-hetero) is 2. The van der Waals surface area contributed by atoms with Crippen LogP contribution in [-0.4, -0.2) is 86.5 Å². The summed E-state index contributed by atoms with van der Waals surface area (Å²) in [5.41, 5.74) is 1.30.